The van der Waals surface area contributed by atoms with Crippen molar-refractivity contribution in [1.82, 2.24) is 24.5 Å². The first-order valence-electron chi connectivity index (χ1n) is 14.2. The SMILES string of the molecule is [Pd+2].[Pd+2].[c-]1c(Oc2[c-]c3c(cc2)c2ccc(Oc4[c-]c(-c5ccccn5)ccc4)[c-]c2n3-c2ncccn2)cccc1-c1ccccn1. The Labute approximate surface area is 298 Å². The minimum Gasteiger partial charge on any atom is -0.503 e. The van der Waals surface area contributed by atoms with E-state index in [2.05, 4.69) is 44.2 Å². The van der Waals surface area contributed by atoms with Gasteiger partial charge < -0.3 is 24.0 Å². The molecule has 0 bridgehead atoms. The number of pyridine rings is 2. The molecule has 0 unspecified atom stereocenters. The molecule has 230 valence electrons. The van der Waals surface area contributed by atoms with Crippen molar-refractivity contribution in [3.8, 4) is 51.5 Å². The molecule has 7 nitrogen and oxygen atoms in total. The van der Waals surface area contributed by atoms with E-state index in [4.69, 9.17) is 9.47 Å². The van der Waals surface area contributed by atoms with Gasteiger partial charge in [-0.2, -0.15) is 22.9 Å². The van der Waals surface area contributed by atoms with Crippen LogP contribution < -0.4 is 9.47 Å². The molecule has 0 aliphatic rings. The summed E-state index contributed by atoms with van der Waals surface area (Å²) in [5.41, 5.74) is 4.80. The van der Waals surface area contributed by atoms with Gasteiger partial charge in [-0.25, -0.2) is 9.97 Å². The van der Waals surface area contributed by atoms with Gasteiger partial charge in [0.1, 0.15) is 0 Å². The Morgan fingerprint density at radius 1 is 0.426 bits per heavy atom. The first kappa shape index (κ1) is 31.9. The van der Waals surface area contributed by atoms with Gasteiger partial charge in [-0.15, -0.1) is 71.8 Å². The van der Waals surface area contributed by atoms with Crippen molar-refractivity contribution in [2.45, 2.75) is 0 Å². The van der Waals surface area contributed by atoms with Gasteiger partial charge in [0.25, 0.3) is 0 Å². The average molecular weight is 792 g/mol. The summed E-state index contributed by atoms with van der Waals surface area (Å²) in [7, 11) is 0. The molecule has 0 N–H and O–H groups in total. The number of hydrogen-bond acceptors (Lipinski definition) is 6. The van der Waals surface area contributed by atoms with Gasteiger partial charge in [-0.1, -0.05) is 47.4 Å². The second kappa shape index (κ2) is 14.2. The molecule has 0 radical (unpaired) electrons. The van der Waals surface area contributed by atoms with Crippen LogP contribution in [0.5, 0.6) is 23.0 Å². The first-order chi connectivity index (χ1) is 22.3. The van der Waals surface area contributed by atoms with Crippen LogP contribution in [0.3, 0.4) is 0 Å². The summed E-state index contributed by atoms with van der Waals surface area (Å²) in [6.07, 6.45) is 6.93. The van der Waals surface area contributed by atoms with E-state index < -0.39 is 0 Å². The molecule has 0 fully saturated rings. The van der Waals surface area contributed by atoms with Crippen LogP contribution in [0.1, 0.15) is 0 Å². The van der Waals surface area contributed by atoms with E-state index in [0.717, 1.165) is 44.3 Å². The Morgan fingerprint density at radius 3 is 1.36 bits per heavy atom. The summed E-state index contributed by atoms with van der Waals surface area (Å²) in [4.78, 5) is 17.9. The molecule has 47 heavy (non-hydrogen) atoms. The van der Waals surface area contributed by atoms with Crippen molar-refractivity contribution in [3.05, 3.63) is 152 Å². The summed E-state index contributed by atoms with van der Waals surface area (Å²) in [6.45, 7) is 0. The second-order valence-corrected chi connectivity index (χ2v) is 10.0. The van der Waals surface area contributed by atoms with Crippen molar-refractivity contribution < 1.29 is 50.3 Å². The smallest absolute Gasteiger partial charge is 0.503 e. The van der Waals surface area contributed by atoms with Crippen molar-refractivity contribution in [1.29, 1.82) is 0 Å². The molecule has 0 saturated carbocycles. The Bertz CT molecular complexity index is 2140. The number of ether oxygens (including phenoxy) is 2. The van der Waals surface area contributed by atoms with Crippen molar-refractivity contribution >= 4 is 21.8 Å². The van der Waals surface area contributed by atoms with E-state index in [1.54, 1.807) is 30.9 Å². The van der Waals surface area contributed by atoms with Crippen LogP contribution in [-0.4, -0.2) is 24.5 Å². The molecular formula is C38H21N5O2Pd2. The van der Waals surface area contributed by atoms with E-state index in [0.29, 0.717) is 28.9 Å². The number of nitrogens with zero attached hydrogens (tertiary/aromatic N) is 5. The molecule has 0 saturated heterocycles. The van der Waals surface area contributed by atoms with Gasteiger partial charge in [0.2, 0.25) is 5.95 Å². The largest absolute Gasteiger partial charge is 2.00 e. The number of hydrogen-bond donors (Lipinski definition) is 0. The zero-order valence-corrected chi connectivity index (χ0v) is 27.4. The van der Waals surface area contributed by atoms with Crippen LogP contribution in [0.4, 0.5) is 0 Å². The summed E-state index contributed by atoms with van der Waals surface area (Å²) in [5.74, 6) is 2.63. The third-order valence-electron chi connectivity index (χ3n) is 7.14. The van der Waals surface area contributed by atoms with E-state index in [1.807, 2.05) is 102 Å². The number of rotatable bonds is 7. The fourth-order valence-corrected chi connectivity index (χ4v) is 5.15. The maximum absolute atomic E-state index is 6.25. The summed E-state index contributed by atoms with van der Waals surface area (Å²) >= 11 is 0. The number of fused-ring (bicyclic) bond motifs is 3. The number of aromatic nitrogens is 5. The fourth-order valence-electron chi connectivity index (χ4n) is 5.15. The molecule has 8 rings (SSSR count). The van der Waals surface area contributed by atoms with E-state index >= 15 is 0 Å². The van der Waals surface area contributed by atoms with Gasteiger partial charge in [-0.05, 0) is 29.6 Å². The Kier molecular flexibility index (Phi) is 9.64. The van der Waals surface area contributed by atoms with Crippen LogP contribution in [0.2, 0.25) is 0 Å². The fraction of sp³-hybridized carbons (Fsp3) is 0. The average Bonchev–Trinajstić information content (AvgIpc) is 3.42. The maximum Gasteiger partial charge on any atom is 2.00 e. The monoisotopic (exact) mass is 791 g/mol. The molecule has 0 aliphatic heterocycles. The third-order valence-corrected chi connectivity index (χ3v) is 7.14. The van der Waals surface area contributed by atoms with E-state index in [1.165, 1.54) is 0 Å². The summed E-state index contributed by atoms with van der Waals surface area (Å²) in [5, 5.41) is 1.89. The quantitative estimate of drug-likeness (QED) is 0.119. The van der Waals surface area contributed by atoms with Crippen LogP contribution in [-0.2, 0) is 40.8 Å². The molecule has 4 aromatic carbocycles. The zero-order chi connectivity index (χ0) is 30.0. The predicted molar refractivity (Wildman–Crippen MR) is 171 cm³/mol. The Balaban J connectivity index is 0.00000193. The summed E-state index contributed by atoms with van der Waals surface area (Å²) in [6, 6.07) is 46.1. The van der Waals surface area contributed by atoms with Gasteiger partial charge in [0.15, 0.2) is 0 Å². The molecule has 0 atom stereocenters. The van der Waals surface area contributed by atoms with Gasteiger partial charge >= 0.3 is 40.8 Å². The van der Waals surface area contributed by atoms with Gasteiger partial charge in [0, 0.05) is 47.8 Å². The zero-order valence-electron chi connectivity index (χ0n) is 24.3. The Morgan fingerprint density at radius 2 is 0.894 bits per heavy atom. The maximum atomic E-state index is 6.25. The van der Waals surface area contributed by atoms with Crippen LogP contribution >= 0.6 is 0 Å². The molecule has 4 heterocycles. The van der Waals surface area contributed by atoms with Gasteiger partial charge in [-0.3, -0.25) is 0 Å². The number of benzene rings is 4. The predicted octanol–water partition coefficient (Wildman–Crippen LogP) is 8.48. The Hall–Kier alpha value is -5.02. The standard InChI is InChI=1S/C38H21N5O2.2Pd/c1-3-18-39-34(12-1)26-8-5-10-28(22-26)44-30-14-16-32-33-17-15-31(25-37(33)43(36(32)24-30)38-41-20-7-21-42-38)45-29-11-6-9-27(23-29)35-13-2-4-19-40-35;;/h1-21H;;/q-4;2*+2. The van der Waals surface area contributed by atoms with Crippen LogP contribution in [0.15, 0.2) is 128 Å². The molecule has 8 aromatic rings. The van der Waals surface area contributed by atoms with Crippen molar-refractivity contribution in [2.24, 2.45) is 0 Å². The molecule has 0 spiro atoms. The first-order valence-corrected chi connectivity index (χ1v) is 14.2. The molecular weight excluding hydrogens is 771 g/mol. The molecule has 0 aliphatic carbocycles. The summed E-state index contributed by atoms with van der Waals surface area (Å²) < 4.78 is 14.4. The normalized spacial score (nSPS) is 10.6. The molecule has 0 amide bonds. The van der Waals surface area contributed by atoms with Crippen LogP contribution in [0.25, 0.3) is 50.3 Å². The minimum absolute atomic E-state index is 0. The van der Waals surface area contributed by atoms with Crippen molar-refractivity contribution in [3.63, 3.8) is 0 Å². The third kappa shape index (κ3) is 6.62. The van der Waals surface area contributed by atoms with Gasteiger partial charge in [0.05, 0.1) is 0 Å². The van der Waals surface area contributed by atoms with Crippen molar-refractivity contribution in [2.75, 3.05) is 0 Å². The van der Waals surface area contributed by atoms with E-state index in [9.17, 15) is 0 Å². The van der Waals surface area contributed by atoms with E-state index in [-0.39, 0.29) is 40.8 Å². The van der Waals surface area contributed by atoms with Crippen LogP contribution in [0, 0.1) is 24.3 Å². The minimum atomic E-state index is 0. The molecule has 4 aromatic heterocycles. The molecule has 9 heteroatoms. The topological polar surface area (TPSA) is 75.0 Å². The second-order valence-electron chi connectivity index (χ2n) is 10.0.